The molecule has 4 aromatic rings. The molecule has 0 radical (unpaired) electrons. The first kappa shape index (κ1) is 18.7. The highest BCUT2D eigenvalue weighted by atomic mass is 32.1. The second-order valence-corrected chi connectivity index (χ2v) is 6.60. The molecule has 8 heteroatoms. The minimum atomic E-state index is -0.480. The van der Waals surface area contributed by atoms with Crippen molar-refractivity contribution in [2.75, 3.05) is 0 Å². The van der Waals surface area contributed by atoms with Crippen molar-refractivity contribution in [1.82, 2.24) is 20.6 Å². The highest BCUT2D eigenvalue weighted by molar-refractivity contribution is 7.80. The summed E-state index contributed by atoms with van der Waals surface area (Å²) in [6.45, 7) is 0.414. The van der Waals surface area contributed by atoms with Crippen molar-refractivity contribution >= 4 is 34.5 Å². The third-order valence-corrected chi connectivity index (χ3v) is 4.38. The lowest BCUT2D eigenvalue weighted by molar-refractivity contribution is 0.0976. The van der Waals surface area contributed by atoms with Crippen molar-refractivity contribution in [3.05, 3.63) is 83.8 Å². The lowest BCUT2D eigenvalue weighted by atomic mass is 10.1. The van der Waals surface area contributed by atoms with Gasteiger partial charge in [0.25, 0.3) is 5.91 Å². The molecule has 144 valence electrons. The van der Waals surface area contributed by atoms with Gasteiger partial charge < -0.3 is 9.73 Å². The zero-order valence-electron chi connectivity index (χ0n) is 15.1. The molecule has 0 aliphatic heterocycles. The van der Waals surface area contributed by atoms with Crippen molar-refractivity contribution < 1.29 is 13.6 Å². The lowest BCUT2D eigenvalue weighted by Gasteiger charge is -2.10. The van der Waals surface area contributed by atoms with E-state index < -0.39 is 11.7 Å². The summed E-state index contributed by atoms with van der Waals surface area (Å²) in [5.41, 5.74) is 3.17. The Labute approximate surface area is 170 Å². The monoisotopic (exact) mass is 406 g/mol. The third kappa shape index (κ3) is 4.44. The van der Waals surface area contributed by atoms with Crippen molar-refractivity contribution in [3.63, 3.8) is 0 Å². The summed E-state index contributed by atoms with van der Waals surface area (Å²) >= 11 is 5.13. The number of amides is 1. The van der Waals surface area contributed by atoms with Crippen molar-refractivity contribution in [3.8, 4) is 11.5 Å². The number of carbonyl (C=O) groups excluding carboxylic acids is 1. The number of fused-ring (bicyclic) bond motifs is 1. The third-order valence-electron chi connectivity index (χ3n) is 4.13. The number of oxazole rings is 1. The van der Waals surface area contributed by atoms with Gasteiger partial charge in [0.05, 0.1) is 0 Å². The van der Waals surface area contributed by atoms with Crippen LogP contribution in [0.25, 0.3) is 22.7 Å². The van der Waals surface area contributed by atoms with Crippen LogP contribution < -0.4 is 10.6 Å². The standard InChI is InChI=1S/C21H15FN4O2S/c22-16-4-1-3-15(11-16)19(27)26-21(29)24-12-13-6-8-14(9-7-13)20-25-18-17(28-20)5-2-10-23-18/h1-11H,12H2,(H2,24,26,27,29). The zero-order valence-corrected chi connectivity index (χ0v) is 15.9. The Bertz CT molecular complexity index is 1160. The Balaban J connectivity index is 1.35. The first-order valence-electron chi connectivity index (χ1n) is 8.74. The molecule has 2 N–H and O–H groups in total. The van der Waals surface area contributed by atoms with Crippen LogP contribution in [0.4, 0.5) is 4.39 Å². The summed E-state index contributed by atoms with van der Waals surface area (Å²) in [4.78, 5) is 20.6. The van der Waals surface area contributed by atoms with Crippen LogP contribution in [-0.4, -0.2) is 21.0 Å². The number of nitrogens with one attached hydrogen (secondary N) is 2. The van der Waals surface area contributed by atoms with E-state index in [-0.39, 0.29) is 10.7 Å². The normalized spacial score (nSPS) is 10.7. The summed E-state index contributed by atoms with van der Waals surface area (Å²) < 4.78 is 18.9. The molecule has 2 heterocycles. The van der Waals surface area contributed by atoms with Gasteiger partial charge >= 0.3 is 0 Å². The Hall–Kier alpha value is -3.65. The molecule has 0 aliphatic carbocycles. The average Bonchev–Trinajstić information content (AvgIpc) is 3.17. The van der Waals surface area contributed by atoms with E-state index in [0.29, 0.717) is 23.7 Å². The predicted molar refractivity (Wildman–Crippen MR) is 111 cm³/mol. The van der Waals surface area contributed by atoms with Gasteiger partial charge in [0.15, 0.2) is 16.3 Å². The van der Waals surface area contributed by atoms with Crippen molar-refractivity contribution in [2.24, 2.45) is 0 Å². The number of halogens is 1. The van der Waals surface area contributed by atoms with Gasteiger partial charge in [-0.1, -0.05) is 18.2 Å². The second-order valence-electron chi connectivity index (χ2n) is 6.19. The van der Waals surface area contributed by atoms with E-state index in [1.54, 1.807) is 12.3 Å². The summed E-state index contributed by atoms with van der Waals surface area (Å²) in [6.07, 6.45) is 1.67. The maximum absolute atomic E-state index is 13.2. The van der Waals surface area contributed by atoms with Gasteiger partial charge in [0, 0.05) is 23.9 Å². The van der Waals surface area contributed by atoms with Crippen LogP contribution in [0.5, 0.6) is 0 Å². The van der Waals surface area contributed by atoms with Crippen LogP contribution in [0.15, 0.2) is 71.3 Å². The predicted octanol–water partition coefficient (Wildman–Crippen LogP) is 3.83. The molecular formula is C21H15FN4O2S. The van der Waals surface area contributed by atoms with Gasteiger partial charge in [-0.2, -0.15) is 4.98 Å². The maximum atomic E-state index is 13.2. The van der Waals surface area contributed by atoms with Crippen molar-refractivity contribution in [2.45, 2.75) is 6.54 Å². The molecule has 0 saturated carbocycles. The number of pyridine rings is 1. The highest BCUT2D eigenvalue weighted by Crippen LogP contribution is 2.23. The van der Waals surface area contributed by atoms with E-state index in [2.05, 4.69) is 20.6 Å². The van der Waals surface area contributed by atoms with E-state index >= 15 is 0 Å². The molecule has 6 nitrogen and oxygen atoms in total. The largest absolute Gasteiger partial charge is 0.434 e. The van der Waals surface area contributed by atoms with E-state index in [1.165, 1.54) is 18.2 Å². The Morgan fingerprint density at radius 3 is 2.69 bits per heavy atom. The van der Waals surface area contributed by atoms with Gasteiger partial charge in [-0.3, -0.25) is 10.1 Å². The number of hydrogen-bond donors (Lipinski definition) is 2. The molecular weight excluding hydrogens is 391 g/mol. The summed E-state index contributed by atoms with van der Waals surface area (Å²) in [5, 5.41) is 5.64. The fourth-order valence-corrected chi connectivity index (χ4v) is 2.85. The molecule has 0 fully saturated rings. The topological polar surface area (TPSA) is 80.0 Å². The van der Waals surface area contributed by atoms with Crippen LogP contribution in [0.2, 0.25) is 0 Å². The molecule has 4 rings (SSSR count). The fraction of sp³-hybridized carbons (Fsp3) is 0.0476. The summed E-state index contributed by atoms with van der Waals surface area (Å²) in [7, 11) is 0. The molecule has 2 aromatic heterocycles. The molecule has 1 amide bonds. The lowest BCUT2D eigenvalue weighted by Crippen LogP contribution is -2.38. The molecule has 0 atom stereocenters. The van der Waals surface area contributed by atoms with Crippen LogP contribution in [-0.2, 0) is 6.54 Å². The number of aromatic nitrogens is 2. The quantitative estimate of drug-likeness (QED) is 0.502. The van der Waals surface area contributed by atoms with E-state index in [1.807, 2.05) is 30.3 Å². The minimum Gasteiger partial charge on any atom is -0.434 e. The Kier molecular flexibility index (Phi) is 5.26. The molecule has 2 aromatic carbocycles. The first-order chi connectivity index (χ1) is 14.1. The number of thiocarbonyl (C=S) groups is 1. The first-order valence-corrected chi connectivity index (χ1v) is 9.15. The molecule has 0 unspecified atom stereocenters. The number of benzene rings is 2. The van der Waals surface area contributed by atoms with Gasteiger partial charge in [0.1, 0.15) is 5.82 Å². The molecule has 29 heavy (non-hydrogen) atoms. The number of hydrogen-bond acceptors (Lipinski definition) is 5. The summed E-state index contributed by atoms with van der Waals surface area (Å²) in [5.74, 6) is -0.454. The minimum absolute atomic E-state index is 0.161. The Morgan fingerprint density at radius 2 is 1.93 bits per heavy atom. The van der Waals surface area contributed by atoms with Crippen LogP contribution in [0.1, 0.15) is 15.9 Å². The van der Waals surface area contributed by atoms with Gasteiger partial charge in [-0.25, -0.2) is 9.37 Å². The van der Waals surface area contributed by atoms with E-state index in [9.17, 15) is 9.18 Å². The zero-order chi connectivity index (χ0) is 20.2. The molecule has 0 saturated heterocycles. The van der Waals surface area contributed by atoms with Crippen LogP contribution >= 0.6 is 12.2 Å². The highest BCUT2D eigenvalue weighted by Gasteiger charge is 2.10. The van der Waals surface area contributed by atoms with Gasteiger partial charge in [-0.15, -0.1) is 0 Å². The average molecular weight is 406 g/mol. The van der Waals surface area contributed by atoms with E-state index in [0.717, 1.165) is 17.2 Å². The number of rotatable bonds is 4. The van der Waals surface area contributed by atoms with Crippen LogP contribution in [0.3, 0.4) is 0 Å². The smallest absolute Gasteiger partial charge is 0.257 e. The molecule has 0 bridgehead atoms. The van der Waals surface area contributed by atoms with E-state index in [4.69, 9.17) is 16.6 Å². The SMILES string of the molecule is O=C(NC(=S)NCc1ccc(-c2nc3ncccc3o2)cc1)c1cccc(F)c1. The number of nitrogens with zero attached hydrogens (tertiary/aromatic N) is 2. The van der Waals surface area contributed by atoms with Gasteiger partial charge in [0.2, 0.25) is 5.89 Å². The number of carbonyl (C=O) groups is 1. The molecule has 0 spiro atoms. The van der Waals surface area contributed by atoms with Crippen molar-refractivity contribution in [1.29, 1.82) is 0 Å². The Morgan fingerprint density at radius 1 is 1.10 bits per heavy atom. The maximum Gasteiger partial charge on any atom is 0.257 e. The van der Waals surface area contributed by atoms with Crippen LogP contribution in [0, 0.1) is 5.82 Å². The molecule has 0 aliphatic rings. The summed E-state index contributed by atoms with van der Waals surface area (Å²) in [6, 6.07) is 16.6. The fourth-order valence-electron chi connectivity index (χ4n) is 2.69. The van der Waals surface area contributed by atoms with Gasteiger partial charge in [-0.05, 0) is 60.2 Å². The second kappa shape index (κ2) is 8.15.